The number of hydrogen-bond donors (Lipinski definition) is 1. The van der Waals surface area contributed by atoms with Crippen LogP contribution in [0.2, 0.25) is 5.15 Å². The fourth-order valence-corrected chi connectivity index (χ4v) is 3.18. The van der Waals surface area contributed by atoms with Crippen molar-refractivity contribution in [3.63, 3.8) is 0 Å². The number of fused-ring (bicyclic) bond motifs is 1. The molecule has 0 amide bonds. The molecule has 3 heteroatoms. The van der Waals surface area contributed by atoms with Gasteiger partial charge < -0.3 is 5.32 Å². The molecule has 1 saturated heterocycles. The lowest BCUT2D eigenvalue weighted by atomic mass is 9.98. The Kier molecular flexibility index (Phi) is 2.41. The minimum atomic E-state index is 0.596. The molecule has 1 aliphatic heterocycles. The van der Waals surface area contributed by atoms with Crippen LogP contribution >= 0.6 is 11.6 Å². The summed E-state index contributed by atoms with van der Waals surface area (Å²) in [5, 5.41) is 4.06. The average molecular weight is 223 g/mol. The van der Waals surface area contributed by atoms with E-state index in [9.17, 15) is 0 Å². The van der Waals surface area contributed by atoms with Gasteiger partial charge >= 0.3 is 0 Å². The van der Waals surface area contributed by atoms with E-state index in [0.717, 1.165) is 11.8 Å². The molecule has 3 atom stereocenters. The molecule has 0 aromatic carbocycles. The van der Waals surface area contributed by atoms with Crippen LogP contribution in [0.25, 0.3) is 0 Å². The third-order valence-electron chi connectivity index (χ3n) is 3.88. The van der Waals surface area contributed by atoms with Crippen LogP contribution in [0.3, 0.4) is 0 Å². The summed E-state index contributed by atoms with van der Waals surface area (Å²) in [6, 6.07) is 4.04. The third kappa shape index (κ3) is 1.77. The quantitative estimate of drug-likeness (QED) is 0.739. The summed E-state index contributed by atoms with van der Waals surface area (Å²) in [4.78, 5) is 4.17. The van der Waals surface area contributed by atoms with E-state index in [1.54, 1.807) is 0 Å². The Morgan fingerprint density at radius 2 is 1.93 bits per heavy atom. The first kappa shape index (κ1) is 9.61. The highest BCUT2D eigenvalue weighted by molar-refractivity contribution is 6.29. The Hall–Kier alpha value is -0.600. The molecule has 1 saturated carbocycles. The highest BCUT2D eigenvalue weighted by Gasteiger charge is 2.37. The van der Waals surface area contributed by atoms with E-state index in [1.807, 2.05) is 12.3 Å². The van der Waals surface area contributed by atoms with Gasteiger partial charge in [0.05, 0.1) is 0 Å². The Balaban J connectivity index is 1.76. The smallest absolute Gasteiger partial charge is 0.129 e. The molecule has 15 heavy (non-hydrogen) atoms. The van der Waals surface area contributed by atoms with E-state index in [1.165, 1.54) is 31.5 Å². The van der Waals surface area contributed by atoms with Crippen LogP contribution in [0.15, 0.2) is 18.3 Å². The van der Waals surface area contributed by atoms with E-state index >= 15 is 0 Å². The zero-order valence-corrected chi connectivity index (χ0v) is 9.37. The van der Waals surface area contributed by atoms with Crippen LogP contribution in [-0.2, 0) is 0 Å². The number of pyridine rings is 1. The standard InChI is InChI=1S/C12H15ClN2/c13-12-2-1-8(7-15-12)9-3-10-5-14-6-11(10)4-9/h1-2,7,9-11,14H,3-6H2/t9?,10-,11+. The highest BCUT2D eigenvalue weighted by atomic mass is 35.5. The molecule has 2 aliphatic rings. The molecule has 1 N–H and O–H groups in total. The summed E-state index contributed by atoms with van der Waals surface area (Å²) < 4.78 is 0. The van der Waals surface area contributed by atoms with Crippen molar-refractivity contribution < 1.29 is 0 Å². The van der Waals surface area contributed by atoms with Crippen LogP contribution < -0.4 is 5.32 Å². The van der Waals surface area contributed by atoms with Gasteiger partial charge in [0, 0.05) is 6.20 Å². The van der Waals surface area contributed by atoms with E-state index < -0.39 is 0 Å². The summed E-state index contributed by atoms with van der Waals surface area (Å²) in [6.07, 6.45) is 4.59. The van der Waals surface area contributed by atoms with E-state index in [0.29, 0.717) is 11.1 Å². The lowest BCUT2D eigenvalue weighted by molar-refractivity contribution is 0.494. The molecule has 1 unspecified atom stereocenters. The Bertz CT molecular complexity index is 337. The maximum atomic E-state index is 5.79. The van der Waals surface area contributed by atoms with Gasteiger partial charge in [-0.05, 0) is 55.3 Å². The molecule has 1 aromatic rings. The van der Waals surface area contributed by atoms with Crippen molar-refractivity contribution in [2.75, 3.05) is 13.1 Å². The Labute approximate surface area is 95.0 Å². The molecule has 0 spiro atoms. The summed E-state index contributed by atoms with van der Waals surface area (Å²) in [6.45, 7) is 2.42. The van der Waals surface area contributed by atoms with Gasteiger partial charge in [-0.1, -0.05) is 17.7 Å². The van der Waals surface area contributed by atoms with Gasteiger partial charge in [0.25, 0.3) is 0 Å². The summed E-state index contributed by atoms with van der Waals surface area (Å²) in [7, 11) is 0. The molecule has 0 bridgehead atoms. The van der Waals surface area contributed by atoms with Gasteiger partial charge in [0.15, 0.2) is 0 Å². The van der Waals surface area contributed by atoms with Gasteiger partial charge in [-0.15, -0.1) is 0 Å². The van der Waals surface area contributed by atoms with Crippen molar-refractivity contribution in [1.29, 1.82) is 0 Å². The summed E-state index contributed by atoms with van der Waals surface area (Å²) in [5.41, 5.74) is 1.37. The minimum Gasteiger partial charge on any atom is -0.316 e. The van der Waals surface area contributed by atoms with Crippen LogP contribution in [0.5, 0.6) is 0 Å². The number of nitrogens with one attached hydrogen (secondary N) is 1. The monoisotopic (exact) mass is 222 g/mol. The zero-order valence-electron chi connectivity index (χ0n) is 8.62. The van der Waals surface area contributed by atoms with Crippen molar-refractivity contribution in [1.82, 2.24) is 10.3 Å². The summed E-state index contributed by atoms with van der Waals surface area (Å²) in [5.74, 6) is 2.50. The third-order valence-corrected chi connectivity index (χ3v) is 4.10. The van der Waals surface area contributed by atoms with Crippen molar-refractivity contribution in [3.05, 3.63) is 29.0 Å². The molecule has 1 aliphatic carbocycles. The Morgan fingerprint density at radius 3 is 2.53 bits per heavy atom. The topological polar surface area (TPSA) is 24.9 Å². The number of nitrogens with zero attached hydrogens (tertiary/aromatic N) is 1. The van der Waals surface area contributed by atoms with Crippen molar-refractivity contribution in [3.8, 4) is 0 Å². The van der Waals surface area contributed by atoms with Crippen LogP contribution in [0.1, 0.15) is 24.3 Å². The SMILES string of the molecule is Clc1ccc(C2C[C@H]3CNC[C@H]3C2)cn1. The second kappa shape index (κ2) is 3.76. The van der Waals surface area contributed by atoms with Crippen molar-refractivity contribution >= 4 is 11.6 Å². The highest BCUT2D eigenvalue weighted by Crippen LogP contribution is 2.43. The van der Waals surface area contributed by atoms with Crippen molar-refractivity contribution in [2.24, 2.45) is 11.8 Å². The van der Waals surface area contributed by atoms with Gasteiger partial charge in [-0.25, -0.2) is 4.98 Å². The normalized spacial score (nSPS) is 34.3. The van der Waals surface area contributed by atoms with Gasteiger partial charge in [0.1, 0.15) is 5.15 Å². The average Bonchev–Trinajstić information content (AvgIpc) is 2.78. The predicted molar refractivity (Wildman–Crippen MR) is 61.1 cm³/mol. The van der Waals surface area contributed by atoms with Gasteiger partial charge in [-0.3, -0.25) is 0 Å². The lowest BCUT2D eigenvalue weighted by Crippen LogP contribution is -2.11. The first-order chi connectivity index (χ1) is 7.33. The van der Waals surface area contributed by atoms with Crippen molar-refractivity contribution in [2.45, 2.75) is 18.8 Å². The maximum absolute atomic E-state index is 5.79. The van der Waals surface area contributed by atoms with E-state index in [4.69, 9.17) is 11.6 Å². The minimum absolute atomic E-state index is 0.596. The molecule has 1 aromatic heterocycles. The molecule has 2 heterocycles. The zero-order chi connectivity index (χ0) is 10.3. The Morgan fingerprint density at radius 1 is 1.20 bits per heavy atom. The molecular weight excluding hydrogens is 208 g/mol. The molecule has 3 rings (SSSR count). The van der Waals surface area contributed by atoms with Gasteiger partial charge in [-0.2, -0.15) is 0 Å². The number of hydrogen-bond acceptors (Lipinski definition) is 2. The first-order valence-electron chi connectivity index (χ1n) is 5.65. The molecule has 80 valence electrons. The van der Waals surface area contributed by atoms with E-state index in [-0.39, 0.29) is 0 Å². The van der Waals surface area contributed by atoms with Gasteiger partial charge in [0.2, 0.25) is 0 Å². The molecule has 2 nitrogen and oxygen atoms in total. The number of rotatable bonds is 1. The molecule has 2 fully saturated rings. The second-order valence-corrected chi connectivity index (χ2v) is 5.15. The lowest BCUT2D eigenvalue weighted by Gasteiger charge is -2.10. The van der Waals surface area contributed by atoms with E-state index in [2.05, 4.69) is 16.4 Å². The molecular formula is C12H15ClN2. The van der Waals surface area contributed by atoms with Crippen LogP contribution in [0.4, 0.5) is 0 Å². The largest absolute Gasteiger partial charge is 0.316 e. The first-order valence-corrected chi connectivity index (χ1v) is 6.03. The molecule has 0 radical (unpaired) electrons. The summed E-state index contributed by atoms with van der Waals surface area (Å²) >= 11 is 5.79. The number of halogens is 1. The number of aromatic nitrogens is 1. The predicted octanol–water partition coefficient (Wildman–Crippen LogP) is 2.45. The fourth-order valence-electron chi connectivity index (χ4n) is 3.07. The maximum Gasteiger partial charge on any atom is 0.129 e. The second-order valence-electron chi connectivity index (χ2n) is 4.76. The fraction of sp³-hybridized carbons (Fsp3) is 0.583. The van der Waals surface area contributed by atoms with Crippen LogP contribution in [-0.4, -0.2) is 18.1 Å². The van der Waals surface area contributed by atoms with Crippen LogP contribution in [0, 0.1) is 11.8 Å².